The summed E-state index contributed by atoms with van der Waals surface area (Å²) < 4.78 is 5.76. The number of phenols is 1. The molecule has 17 heavy (non-hydrogen) atoms. The minimum Gasteiger partial charge on any atom is -0.507 e. The van der Waals surface area contributed by atoms with E-state index in [1.165, 1.54) is 0 Å². The van der Waals surface area contributed by atoms with E-state index in [1.807, 2.05) is 27.7 Å². The van der Waals surface area contributed by atoms with Gasteiger partial charge in [0.25, 0.3) is 0 Å². The lowest BCUT2D eigenvalue weighted by atomic mass is 9.80. The van der Waals surface area contributed by atoms with Crippen molar-refractivity contribution in [1.82, 2.24) is 0 Å². The van der Waals surface area contributed by atoms with Gasteiger partial charge in [-0.2, -0.15) is 0 Å². The summed E-state index contributed by atoms with van der Waals surface area (Å²) in [6, 6.07) is 0. The van der Waals surface area contributed by atoms with Gasteiger partial charge in [0.15, 0.2) is 0 Å². The first kappa shape index (κ1) is 12.2. The second kappa shape index (κ2) is 3.91. The predicted octanol–water partition coefficient (Wildman–Crippen LogP) is 2.25. The molecule has 0 fully saturated rings. The fourth-order valence-electron chi connectivity index (χ4n) is 2.42. The standard InChI is InChI=1S/C14H20O3/c1-8-9(2)12(16)10(3)13-11(8)5-14(4,6-15)7-17-13/h15-16H,5-7H2,1-4H3. The Morgan fingerprint density at radius 3 is 2.41 bits per heavy atom. The first-order valence-corrected chi connectivity index (χ1v) is 5.95. The molecule has 1 aromatic carbocycles. The van der Waals surface area contributed by atoms with E-state index in [0.717, 1.165) is 34.4 Å². The van der Waals surface area contributed by atoms with Gasteiger partial charge in [-0.25, -0.2) is 0 Å². The Balaban J connectivity index is 2.59. The number of aliphatic hydroxyl groups is 1. The summed E-state index contributed by atoms with van der Waals surface area (Å²) in [6.45, 7) is 8.43. The molecule has 0 aromatic heterocycles. The highest BCUT2D eigenvalue weighted by atomic mass is 16.5. The molecule has 0 aliphatic carbocycles. The number of rotatable bonds is 1. The normalized spacial score (nSPS) is 23.1. The maximum Gasteiger partial charge on any atom is 0.129 e. The third kappa shape index (κ3) is 1.78. The van der Waals surface area contributed by atoms with Crippen LogP contribution < -0.4 is 4.74 Å². The van der Waals surface area contributed by atoms with E-state index < -0.39 is 0 Å². The van der Waals surface area contributed by atoms with Crippen LogP contribution in [0.5, 0.6) is 11.5 Å². The maximum atomic E-state index is 10.0. The van der Waals surface area contributed by atoms with Crippen molar-refractivity contribution in [3.05, 3.63) is 22.3 Å². The van der Waals surface area contributed by atoms with Gasteiger partial charge >= 0.3 is 0 Å². The molecule has 2 rings (SSSR count). The monoisotopic (exact) mass is 236 g/mol. The molecule has 1 atom stereocenters. The fraction of sp³-hybridized carbons (Fsp3) is 0.571. The average molecular weight is 236 g/mol. The number of hydrogen-bond donors (Lipinski definition) is 2. The van der Waals surface area contributed by atoms with Gasteiger partial charge < -0.3 is 14.9 Å². The van der Waals surface area contributed by atoms with Gasteiger partial charge in [0.2, 0.25) is 0 Å². The van der Waals surface area contributed by atoms with Crippen molar-refractivity contribution in [2.24, 2.45) is 5.41 Å². The summed E-state index contributed by atoms with van der Waals surface area (Å²) in [5.74, 6) is 1.13. The lowest BCUT2D eigenvalue weighted by molar-refractivity contribution is 0.0659. The van der Waals surface area contributed by atoms with Gasteiger partial charge in [-0.05, 0) is 43.9 Å². The van der Waals surface area contributed by atoms with Gasteiger partial charge in [-0.3, -0.25) is 0 Å². The summed E-state index contributed by atoms with van der Waals surface area (Å²) in [4.78, 5) is 0. The topological polar surface area (TPSA) is 49.7 Å². The lowest BCUT2D eigenvalue weighted by Crippen LogP contribution is -2.36. The Hall–Kier alpha value is -1.22. The number of ether oxygens (including phenoxy) is 1. The number of phenolic OH excluding ortho intramolecular Hbond substituents is 1. The van der Waals surface area contributed by atoms with E-state index in [9.17, 15) is 10.2 Å². The molecule has 0 radical (unpaired) electrons. The predicted molar refractivity (Wildman–Crippen MR) is 66.7 cm³/mol. The molecule has 1 heterocycles. The van der Waals surface area contributed by atoms with E-state index in [4.69, 9.17) is 4.74 Å². The van der Waals surface area contributed by atoms with Crippen LogP contribution in [0.2, 0.25) is 0 Å². The van der Waals surface area contributed by atoms with Crippen LogP contribution in [0.3, 0.4) is 0 Å². The summed E-state index contributed by atoms with van der Waals surface area (Å²) >= 11 is 0. The van der Waals surface area contributed by atoms with Gasteiger partial charge in [0.1, 0.15) is 11.5 Å². The lowest BCUT2D eigenvalue weighted by Gasteiger charge is -2.35. The molecule has 0 spiro atoms. The number of hydrogen-bond acceptors (Lipinski definition) is 3. The highest BCUT2D eigenvalue weighted by molar-refractivity contribution is 5.58. The molecule has 1 aromatic rings. The molecular weight excluding hydrogens is 216 g/mol. The second-order valence-corrected chi connectivity index (χ2v) is 5.47. The Bertz CT molecular complexity index is 465. The molecular formula is C14H20O3. The maximum absolute atomic E-state index is 10.0. The van der Waals surface area contributed by atoms with Crippen LogP contribution in [0, 0.1) is 26.2 Å². The van der Waals surface area contributed by atoms with Gasteiger partial charge in [-0.15, -0.1) is 0 Å². The number of fused-ring (bicyclic) bond motifs is 1. The van der Waals surface area contributed by atoms with Gasteiger partial charge in [0.05, 0.1) is 13.2 Å². The Labute approximate surface area is 102 Å². The molecule has 3 nitrogen and oxygen atoms in total. The summed E-state index contributed by atoms with van der Waals surface area (Å²) in [5, 5.41) is 19.4. The van der Waals surface area contributed by atoms with Crippen molar-refractivity contribution in [3.8, 4) is 11.5 Å². The average Bonchev–Trinajstić information content (AvgIpc) is 2.33. The molecule has 0 bridgehead atoms. The van der Waals surface area contributed by atoms with Crippen LogP contribution in [-0.2, 0) is 6.42 Å². The molecule has 0 saturated heterocycles. The van der Waals surface area contributed by atoms with Crippen LogP contribution in [0.1, 0.15) is 29.2 Å². The third-order valence-corrected chi connectivity index (χ3v) is 3.89. The summed E-state index contributed by atoms with van der Waals surface area (Å²) in [6.07, 6.45) is 0.798. The molecule has 3 heteroatoms. The van der Waals surface area contributed by atoms with E-state index in [0.29, 0.717) is 12.4 Å². The third-order valence-electron chi connectivity index (χ3n) is 3.89. The quantitative estimate of drug-likeness (QED) is 0.786. The molecule has 1 unspecified atom stereocenters. The first-order chi connectivity index (χ1) is 7.89. The van der Waals surface area contributed by atoms with Crippen molar-refractivity contribution in [1.29, 1.82) is 0 Å². The van der Waals surface area contributed by atoms with Crippen LogP contribution in [0.4, 0.5) is 0 Å². The van der Waals surface area contributed by atoms with Crippen LogP contribution in [0.15, 0.2) is 0 Å². The van der Waals surface area contributed by atoms with Crippen molar-refractivity contribution < 1.29 is 14.9 Å². The highest BCUT2D eigenvalue weighted by Gasteiger charge is 2.33. The van der Waals surface area contributed by atoms with Gasteiger partial charge in [-0.1, -0.05) is 6.92 Å². The molecule has 0 amide bonds. The van der Waals surface area contributed by atoms with Crippen LogP contribution in [-0.4, -0.2) is 23.4 Å². The Morgan fingerprint density at radius 1 is 1.18 bits per heavy atom. The van der Waals surface area contributed by atoms with E-state index in [-0.39, 0.29) is 12.0 Å². The van der Waals surface area contributed by atoms with Crippen LogP contribution >= 0.6 is 0 Å². The molecule has 1 aliphatic rings. The Morgan fingerprint density at radius 2 is 1.82 bits per heavy atom. The Kier molecular flexibility index (Phi) is 2.82. The van der Waals surface area contributed by atoms with Crippen molar-refractivity contribution >= 4 is 0 Å². The summed E-state index contributed by atoms with van der Waals surface area (Å²) in [5.41, 5.74) is 3.70. The van der Waals surface area contributed by atoms with Crippen molar-refractivity contribution in [2.45, 2.75) is 34.1 Å². The number of aromatic hydroxyl groups is 1. The number of benzene rings is 1. The molecule has 2 N–H and O–H groups in total. The van der Waals surface area contributed by atoms with E-state index in [2.05, 4.69) is 0 Å². The van der Waals surface area contributed by atoms with E-state index >= 15 is 0 Å². The zero-order valence-electron chi connectivity index (χ0n) is 10.9. The SMILES string of the molecule is Cc1c(C)c2c(c(C)c1O)OCC(C)(CO)C2. The smallest absolute Gasteiger partial charge is 0.129 e. The fourth-order valence-corrected chi connectivity index (χ4v) is 2.42. The van der Waals surface area contributed by atoms with Gasteiger partial charge in [0, 0.05) is 11.0 Å². The molecule has 94 valence electrons. The molecule has 0 saturated carbocycles. The first-order valence-electron chi connectivity index (χ1n) is 5.95. The largest absolute Gasteiger partial charge is 0.507 e. The van der Waals surface area contributed by atoms with Crippen molar-refractivity contribution in [3.63, 3.8) is 0 Å². The second-order valence-electron chi connectivity index (χ2n) is 5.47. The zero-order valence-corrected chi connectivity index (χ0v) is 10.9. The highest BCUT2D eigenvalue weighted by Crippen LogP contribution is 2.43. The minimum atomic E-state index is -0.215. The van der Waals surface area contributed by atoms with Crippen LogP contribution in [0.25, 0.3) is 0 Å². The number of aliphatic hydroxyl groups excluding tert-OH is 1. The molecule has 1 aliphatic heterocycles. The summed E-state index contributed by atoms with van der Waals surface area (Å²) in [7, 11) is 0. The zero-order chi connectivity index (χ0) is 12.8. The van der Waals surface area contributed by atoms with Crippen molar-refractivity contribution in [2.75, 3.05) is 13.2 Å². The minimum absolute atomic E-state index is 0.116. The van der Waals surface area contributed by atoms with E-state index in [1.54, 1.807) is 0 Å².